The van der Waals surface area contributed by atoms with E-state index < -0.39 is 5.60 Å². The number of benzene rings is 2. The van der Waals surface area contributed by atoms with E-state index in [0.717, 1.165) is 42.3 Å². The molecule has 4 rings (SSSR count). The molecule has 3 aromatic rings. The van der Waals surface area contributed by atoms with Gasteiger partial charge < -0.3 is 9.84 Å². The monoisotopic (exact) mass is 421 g/mol. The van der Waals surface area contributed by atoms with Gasteiger partial charge in [0.1, 0.15) is 11.6 Å². The van der Waals surface area contributed by atoms with E-state index in [-0.39, 0.29) is 12.1 Å². The molecule has 0 spiro atoms. The van der Waals surface area contributed by atoms with Crippen LogP contribution in [0.15, 0.2) is 47.3 Å². The van der Waals surface area contributed by atoms with Crippen molar-refractivity contribution in [2.24, 2.45) is 0 Å². The highest BCUT2D eigenvalue weighted by Gasteiger charge is 2.34. The molecule has 2 heterocycles. The number of nitrogens with zero attached hydrogens (tertiary/aromatic N) is 3. The van der Waals surface area contributed by atoms with E-state index in [1.54, 1.807) is 11.7 Å². The first kappa shape index (κ1) is 21.5. The van der Waals surface area contributed by atoms with Crippen molar-refractivity contribution in [2.45, 2.75) is 51.8 Å². The SMILES string of the molecule is CCc1nc2ccccc2c(=O)n1CC1(O)CCN(Cc2cc(C)ccc2OC)CC1. The van der Waals surface area contributed by atoms with Crippen molar-refractivity contribution in [3.63, 3.8) is 0 Å². The van der Waals surface area contributed by atoms with E-state index in [0.29, 0.717) is 24.6 Å². The topological polar surface area (TPSA) is 67.6 Å². The standard InChI is InChI=1S/C25H31N3O3/c1-4-23-26-21-8-6-5-7-20(21)24(29)28(23)17-25(30)11-13-27(14-12-25)16-19-15-18(2)9-10-22(19)31-3/h5-10,15,30H,4,11-14,16-17H2,1-3H3. The molecule has 164 valence electrons. The number of hydrogen-bond acceptors (Lipinski definition) is 5. The first-order valence-corrected chi connectivity index (χ1v) is 11.0. The number of piperidine rings is 1. The number of aliphatic hydroxyl groups is 1. The van der Waals surface area contributed by atoms with Gasteiger partial charge in [-0.05, 0) is 38.0 Å². The average molecular weight is 422 g/mol. The van der Waals surface area contributed by atoms with Crippen molar-refractivity contribution in [1.82, 2.24) is 14.5 Å². The number of ether oxygens (including phenoxy) is 1. The second-order valence-corrected chi connectivity index (χ2v) is 8.61. The molecule has 31 heavy (non-hydrogen) atoms. The maximum atomic E-state index is 13.1. The zero-order valence-electron chi connectivity index (χ0n) is 18.6. The summed E-state index contributed by atoms with van der Waals surface area (Å²) in [5, 5.41) is 11.9. The van der Waals surface area contributed by atoms with Crippen molar-refractivity contribution < 1.29 is 9.84 Å². The van der Waals surface area contributed by atoms with Gasteiger partial charge in [-0.25, -0.2) is 4.98 Å². The summed E-state index contributed by atoms with van der Waals surface area (Å²) in [5.41, 5.74) is 2.11. The van der Waals surface area contributed by atoms with Gasteiger partial charge in [-0.2, -0.15) is 0 Å². The maximum absolute atomic E-state index is 13.1. The number of rotatable bonds is 6. The molecule has 6 heteroatoms. The summed E-state index contributed by atoms with van der Waals surface area (Å²) in [7, 11) is 1.70. The smallest absolute Gasteiger partial charge is 0.261 e. The Balaban J connectivity index is 1.50. The van der Waals surface area contributed by atoms with Gasteiger partial charge in [0.25, 0.3) is 5.56 Å². The molecule has 1 aromatic heterocycles. The lowest BCUT2D eigenvalue weighted by Gasteiger charge is -2.39. The van der Waals surface area contributed by atoms with E-state index in [4.69, 9.17) is 4.74 Å². The minimum Gasteiger partial charge on any atom is -0.496 e. The Bertz CT molecular complexity index is 1130. The third kappa shape index (κ3) is 4.50. The summed E-state index contributed by atoms with van der Waals surface area (Å²) in [4.78, 5) is 20.1. The van der Waals surface area contributed by atoms with Crippen LogP contribution in [0.1, 0.15) is 36.7 Å². The van der Waals surface area contributed by atoms with E-state index in [2.05, 4.69) is 28.9 Å². The van der Waals surface area contributed by atoms with Gasteiger partial charge in [-0.15, -0.1) is 0 Å². The highest BCUT2D eigenvalue weighted by molar-refractivity contribution is 5.77. The fourth-order valence-electron chi connectivity index (χ4n) is 4.50. The van der Waals surface area contributed by atoms with Crippen LogP contribution in [0.25, 0.3) is 10.9 Å². The van der Waals surface area contributed by atoms with Gasteiger partial charge in [0.05, 0.1) is 30.2 Å². The van der Waals surface area contributed by atoms with Crippen LogP contribution in [0.5, 0.6) is 5.75 Å². The largest absolute Gasteiger partial charge is 0.496 e. The van der Waals surface area contributed by atoms with Gasteiger partial charge in [-0.1, -0.05) is 36.8 Å². The summed E-state index contributed by atoms with van der Waals surface area (Å²) >= 11 is 0. The number of para-hydroxylation sites is 1. The van der Waals surface area contributed by atoms with E-state index in [9.17, 15) is 9.90 Å². The molecule has 0 bridgehead atoms. The molecule has 0 amide bonds. The van der Waals surface area contributed by atoms with Gasteiger partial charge in [0.2, 0.25) is 0 Å². The van der Waals surface area contributed by atoms with Crippen LogP contribution < -0.4 is 10.3 Å². The van der Waals surface area contributed by atoms with Crippen LogP contribution in [-0.4, -0.2) is 45.4 Å². The van der Waals surface area contributed by atoms with E-state index in [1.165, 1.54) is 5.56 Å². The maximum Gasteiger partial charge on any atom is 0.261 e. The second-order valence-electron chi connectivity index (χ2n) is 8.61. The minimum absolute atomic E-state index is 0.0669. The molecule has 1 aliphatic heterocycles. The van der Waals surface area contributed by atoms with Crippen LogP contribution >= 0.6 is 0 Å². The fraction of sp³-hybridized carbons (Fsp3) is 0.440. The average Bonchev–Trinajstić information content (AvgIpc) is 2.77. The van der Waals surface area contributed by atoms with Gasteiger partial charge in [0, 0.05) is 31.6 Å². The molecule has 1 saturated heterocycles. The third-order valence-corrected chi connectivity index (χ3v) is 6.33. The molecule has 1 aliphatic rings. The van der Waals surface area contributed by atoms with Crippen LogP contribution in [0.4, 0.5) is 0 Å². The molecule has 0 aliphatic carbocycles. The van der Waals surface area contributed by atoms with E-state index in [1.807, 2.05) is 37.3 Å². The van der Waals surface area contributed by atoms with Crippen molar-refractivity contribution in [2.75, 3.05) is 20.2 Å². The number of fused-ring (bicyclic) bond motifs is 1. The number of hydrogen-bond donors (Lipinski definition) is 1. The van der Waals surface area contributed by atoms with Crippen LogP contribution in [-0.2, 0) is 19.5 Å². The van der Waals surface area contributed by atoms with Crippen molar-refractivity contribution in [1.29, 1.82) is 0 Å². The lowest BCUT2D eigenvalue weighted by molar-refractivity contribution is -0.0370. The number of aromatic nitrogens is 2. The Morgan fingerprint density at radius 1 is 1.16 bits per heavy atom. The molecular weight excluding hydrogens is 390 g/mol. The number of methoxy groups -OCH3 is 1. The molecule has 0 unspecified atom stereocenters. The molecule has 0 saturated carbocycles. The van der Waals surface area contributed by atoms with Crippen molar-refractivity contribution in [3.05, 3.63) is 69.8 Å². The fourth-order valence-corrected chi connectivity index (χ4v) is 4.50. The number of aryl methyl sites for hydroxylation is 2. The summed E-state index contributed by atoms with van der Waals surface area (Å²) in [5.74, 6) is 1.62. The quantitative estimate of drug-likeness (QED) is 0.661. The zero-order chi connectivity index (χ0) is 22.0. The molecule has 0 atom stereocenters. The number of likely N-dealkylation sites (tertiary alicyclic amines) is 1. The lowest BCUT2D eigenvalue weighted by Crippen LogP contribution is -2.48. The molecular formula is C25H31N3O3. The first-order chi connectivity index (χ1) is 14.9. The van der Waals surface area contributed by atoms with E-state index >= 15 is 0 Å². The second kappa shape index (κ2) is 8.81. The molecule has 6 nitrogen and oxygen atoms in total. The Labute approximate surface area is 183 Å². The normalized spacial score (nSPS) is 16.5. The summed E-state index contributed by atoms with van der Waals surface area (Å²) in [6.07, 6.45) is 1.88. The molecule has 1 fully saturated rings. The third-order valence-electron chi connectivity index (χ3n) is 6.33. The molecule has 0 radical (unpaired) electrons. The van der Waals surface area contributed by atoms with Crippen molar-refractivity contribution in [3.8, 4) is 5.75 Å². The highest BCUT2D eigenvalue weighted by Crippen LogP contribution is 2.28. The van der Waals surface area contributed by atoms with Crippen molar-refractivity contribution >= 4 is 10.9 Å². The summed E-state index contributed by atoms with van der Waals surface area (Å²) in [6.45, 7) is 6.69. The van der Waals surface area contributed by atoms with Crippen LogP contribution in [0.3, 0.4) is 0 Å². The Kier molecular flexibility index (Phi) is 6.12. The summed E-state index contributed by atoms with van der Waals surface area (Å²) in [6, 6.07) is 13.6. The zero-order valence-corrected chi connectivity index (χ0v) is 18.6. The predicted molar refractivity (Wildman–Crippen MR) is 123 cm³/mol. The first-order valence-electron chi connectivity index (χ1n) is 11.0. The minimum atomic E-state index is -0.912. The van der Waals surface area contributed by atoms with Crippen LogP contribution in [0, 0.1) is 6.92 Å². The Hall–Kier alpha value is -2.70. The van der Waals surface area contributed by atoms with Crippen LogP contribution in [0.2, 0.25) is 0 Å². The lowest BCUT2D eigenvalue weighted by atomic mass is 9.90. The molecule has 1 N–H and O–H groups in total. The Morgan fingerprint density at radius 3 is 2.61 bits per heavy atom. The van der Waals surface area contributed by atoms with Gasteiger partial charge in [-0.3, -0.25) is 14.3 Å². The Morgan fingerprint density at radius 2 is 1.90 bits per heavy atom. The molecule has 2 aromatic carbocycles. The van der Waals surface area contributed by atoms with Gasteiger partial charge >= 0.3 is 0 Å². The highest BCUT2D eigenvalue weighted by atomic mass is 16.5. The van der Waals surface area contributed by atoms with Gasteiger partial charge in [0.15, 0.2) is 0 Å². The predicted octanol–water partition coefficient (Wildman–Crippen LogP) is 3.30. The summed E-state index contributed by atoms with van der Waals surface area (Å²) < 4.78 is 7.20.